The molecule has 0 radical (unpaired) electrons. The molecule has 5 aromatic rings. The number of benzene rings is 3. The molecule has 50 heavy (non-hydrogen) atoms. The van der Waals surface area contributed by atoms with Crippen LogP contribution in [0.2, 0.25) is 0 Å². The number of rotatable bonds is 13. The summed E-state index contributed by atoms with van der Waals surface area (Å²) in [6.45, 7) is 7.20. The Morgan fingerprint density at radius 2 is 1.72 bits per heavy atom. The summed E-state index contributed by atoms with van der Waals surface area (Å²) in [6, 6.07) is 18.1. The van der Waals surface area contributed by atoms with Gasteiger partial charge in [-0.05, 0) is 84.0 Å². The normalized spacial score (nSPS) is 14.5. The van der Waals surface area contributed by atoms with Gasteiger partial charge in [-0.25, -0.2) is 17.7 Å². The fraction of sp³-hybridized carbons (Fsp3) is 0.361. The predicted molar refractivity (Wildman–Crippen MR) is 188 cm³/mol. The van der Waals surface area contributed by atoms with E-state index in [-0.39, 0.29) is 51.9 Å². The monoisotopic (exact) mass is 699 g/mol. The molecule has 2 amide bonds. The first-order valence-corrected chi connectivity index (χ1v) is 18.4. The van der Waals surface area contributed by atoms with E-state index in [4.69, 9.17) is 9.73 Å². The van der Waals surface area contributed by atoms with Gasteiger partial charge in [0.2, 0.25) is 0 Å². The minimum atomic E-state index is -4.20. The van der Waals surface area contributed by atoms with E-state index >= 15 is 0 Å². The highest BCUT2D eigenvalue weighted by Gasteiger charge is 2.32. The smallest absolute Gasteiger partial charge is 0.274 e. The number of aliphatic hydroxyl groups excluding tert-OH is 1. The van der Waals surface area contributed by atoms with Crippen LogP contribution in [0.4, 0.5) is 5.69 Å². The summed E-state index contributed by atoms with van der Waals surface area (Å²) >= 11 is 0. The lowest BCUT2D eigenvalue weighted by Crippen LogP contribution is -2.46. The summed E-state index contributed by atoms with van der Waals surface area (Å²) < 4.78 is 36.1. The highest BCUT2D eigenvalue weighted by atomic mass is 32.2. The zero-order valence-corrected chi connectivity index (χ0v) is 29.2. The third-order valence-corrected chi connectivity index (χ3v) is 10.4. The molecule has 0 unspecified atom stereocenters. The van der Waals surface area contributed by atoms with Crippen molar-refractivity contribution in [3.63, 3.8) is 0 Å². The molecular formula is C36H41N7O6S. The maximum atomic E-state index is 14.6. The molecule has 13 nitrogen and oxygen atoms in total. The second-order valence-electron chi connectivity index (χ2n) is 12.5. The zero-order valence-electron chi connectivity index (χ0n) is 28.4. The van der Waals surface area contributed by atoms with Crippen molar-refractivity contribution in [3.8, 4) is 5.69 Å². The Morgan fingerprint density at radius 1 is 0.980 bits per heavy atom. The Morgan fingerprint density at radius 3 is 2.44 bits per heavy atom. The van der Waals surface area contributed by atoms with E-state index in [1.54, 1.807) is 34.7 Å². The van der Waals surface area contributed by atoms with Crippen LogP contribution < -0.4 is 4.72 Å². The highest BCUT2D eigenvalue weighted by Crippen LogP contribution is 2.30. The van der Waals surface area contributed by atoms with E-state index in [0.717, 1.165) is 36.8 Å². The van der Waals surface area contributed by atoms with Crippen LogP contribution in [0.15, 0.2) is 76.3 Å². The molecule has 1 aliphatic heterocycles. The molecule has 6 rings (SSSR count). The number of anilines is 1. The molecule has 0 saturated heterocycles. The maximum Gasteiger partial charge on any atom is 0.274 e. The van der Waals surface area contributed by atoms with Gasteiger partial charge in [0.05, 0.1) is 23.9 Å². The first kappa shape index (κ1) is 34.8. The molecule has 2 aromatic heterocycles. The SMILES string of the molecule is CCCCN(CCCC)C(=O)c1cc(C)n(-c2ccc(NS(=O)(=O)c3cccc4nonc34)cc2C(=O)N2Cc3ccccc3C[C@H]2CO)n1. The van der Waals surface area contributed by atoms with Crippen molar-refractivity contribution >= 4 is 38.6 Å². The number of aryl methyl sites for hydroxylation is 1. The summed E-state index contributed by atoms with van der Waals surface area (Å²) in [5.41, 5.74) is 3.86. The molecule has 14 heteroatoms. The third kappa shape index (κ3) is 6.98. The predicted octanol–water partition coefficient (Wildman–Crippen LogP) is 5.12. The first-order valence-electron chi connectivity index (χ1n) is 16.9. The fourth-order valence-electron chi connectivity index (χ4n) is 6.30. The molecule has 0 fully saturated rings. The quantitative estimate of drug-likeness (QED) is 0.170. The fourth-order valence-corrected chi connectivity index (χ4v) is 7.51. The molecule has 0 spiro atoms. The van der Waals surface area contributed by atoms with Crippen LogP contribution in [0.5, 0.6) is 0 Å². The molecule has 262 valence electrons. The van der Waals surface area contributed by atoms with Crippen molar-refractivity contribution < 1.29 is 27.7 Å². The number of aromatic nitrogens is 4. The van der Waals surface area contributed by atoms with Crippen molar-refractivity contribution in [2.24, 2.45) is 0 Å². The highest BCUT2D eigenvalue weighted by molar-refractivity contribution is 7.93. The number of hydrogen-bond donors (Lipinski definition) is 2. The largest absolute Gasteiger partial charge is 0.394 e. The molecule has 3 aromatic carbocycles. The van der Waals surface area contributed by atoms with E-state index in [1.807, 2.05) is 29.2 Å². The lowest BCUT2D eigenvalue weighted by atomic mass is 9.93. The Bertz CT molecular complexity index is 2120. The number of aliphatic hydroxyl groups is 1. The van der Waals surface area contributed by atoms with E-state index in [1.165, 1.54) is 24.3 Å². The minimum absolute atomic E-state index is 0.0713. The maximum absolute atomic E-state index is 14.6. The standard InChI is InChI=1S/C36H41N7O6S/c1-4-6-17-41(18-7-5-2)36(46)31-19-24(3)43(37-31)32-16-15-27(40-50(47,48)33-14-10-13-30-34(33)39-49-38-30)21-29(32)35(45)42-22-26-12-9-8-11-25(26)20-28(42)23-44/h8-16,19,21,28,40,44H,4-7,17-18,20,22-23H2,1-3H3/t28-/m0/s1. The first-order chi connectivity index (χ1) is 24.1. The second kappa shape index (κ2) is 14.8. The van der Waals surface area contributed by atoms with Gasteiger partial charge in [-0.15, -0.1) is 0 Å². The summed E-state index contributed by atoms with van der Waals surface area (Å²) in [7, 11) is -4.20. The van der Waals surface area contributed by atoms with Crippen molar-refractivity contribution in [1.29, 1.82) is 0 Å². The van der Waals surface area contributed by atoms with Gasteiger partial charge in [0.15, 0.2) is 11.2 Å². The summed E-state index contributed by atoms with van der Waals surface area (Å²) in [5.74, 6) is -0.608. The average Bonchev–Trinajstić information content (AvgIpc) is 3.77. The van der Waals surface area contributed by atoms with E-state index in [9.17, 15) is 23.1 Å². The topological polar surface area (TPSA) is 164 Å². The van der Waals surface area contributed by atoms with E-state index in [2.05, 4.69) is 28.9 Å². The number of unbranched alkanes of at least 4 members (excludes halogenated alkanes) is 2. The van der Waals surface area contributed by atoms with Gasteiger partial charge in [-0.2, -0.15) is 5.10 Å². The van der Waals surface area contributed by atoms with Crippen LogP contribution in [0, 0.1) is 6.92 Å². The average molecular weight is 700 g/mol. The van der Waals surface area contributed by atoms with Gasteiger partial charge in [-0.1, -0.05) is 57.0 Å². The summed E-state index contributed by atoms with van der Waals surface area (Å²) in [4.78, 5) is 31.6. The lowest BCUT2D eigenvalue weighted by Gasteiger charge is -2.36. The van der Waals surface area contributed by atoms with Gasteiger partial charge in [0.25, 0.3) is 21.8 Å². The number of nitrogens with one attached hydrogen (secondary N) is 1. The summed E-state index contributed by atoms with van der Waals surface area (Å²) in [6.07, 6.45) is 4.10. The number of sulfonamides is 1. The van der Waals surface area contributed by atoms with Crippen molar-refractivity contribution in [2.45, 2.75) is 70.4 Å². The molecular weight excluding hydrogens is 659 g/mol. The number of carbonyl (C=O) groups is 2. The molecule has 0 bridgehead atoms. The number of hydrogen-bond acceptors (Lipinski definition) is 9. The Labute approximate surface area is 290 Å². The lowest BCUT2D eigenvalue weighted by molar-refractivity contribution is 0.0544. The van der Waals surface area contributed by atoms with E-state index in [0.29, 0.717) is 30.9 Å². The molecule has 1 atom stereocenters. The van der Waals surface area contributed by atoms with Gasteiger partial charge in [-0.3, -0.25) is 14.3 Å². The Kier molecular flexibility index (Phi) is 10.3. The van der Waals surface area contributed by atoms with Crippen molar-refractivity contribution in [3.05, 3.63) is 94.8 Å². The molecule has 1 aliphatic rings. The number of fused-ring (bicyclic) bond motifs is 2. The van der Waals surface area contributed by atoms with E-state index < -0.39 is 22.0 Å². The van der Waals surface area contributed by atoms with Gasteiger partial charge in [0, 0.05) is 31.0 Å². The minimum Gasteiger partial charge on any atom is -0.394 e. The summed E-state index contributed by atoms with van der Waals surface area (Å²) in [5, 5.41) is 22.6. The van der Waals surface area contributed by atoms with Crippen LogP contribution >= 0.6 is 0 Å². The Balaban J connectivity index is 1.41. The number of carbonyl (C=O) groups excluding carboxylic acids is 2. The molecule has 2 N–H and O–H groups in total. The van der Waals surface area contributed by atoms with Gasteiger partial charge < -0.3 is 14.9 Å². The van der Waals surface area contributed by atoms with Crippen LogP contribution in [0.1, 0.15) is 77.2 Å². The van der Waals surface area contributed by atoms with Crippen molar-refractivity contribution in [2.75, 3.05) is 24.4 Å². The molecule has 3 heterocycles. The van der Waals surface area contributed by atoms with Crippen molar-refractivity contribution in [1.82, 2.24) is 29.9 Å². The third-order valence-electron chi connectivity index (χ3n) is 9.03. The van der Waals surface area contributed by atoms with Crippen LogP contribution in [0.3, 0.4) is 0 Å². The van der Waals surface area contributed by atoms with Crippen LogP contribution in [0.25, 0.3) is 16.7 Å². The molecule has 0 saturated carbocycles. The van der Waals surface area contributed by atoms with Gasteiger partial charge in [0.1, 0.15) is 10.4 Å². The van der Waals surface area contributed by atoms with Gasteiger partial charge >= 0.3 is 0 Å². The number of nitrogens with zero attached hydrogens (tertiary/aromatic N) is 6. The molecule has 0 aliphatic carbocycles. The Hall–Kier alpha value is -5.08. The van der Waals surface area contributed by atoms with Crippen LogP contribution in [-0.4, -0.2) is 81.0 Å². The number of amides is 2. The zero-order chi connectivity index (χ0) is 35.4. The van der Waals surface area contributed by atoms with Crippen LogP contribution in [-0.2, 0) is 23.0 Å². The second-order valence-corrected chi connectivity index (χ2v) is 14.2.